The monoisotopic (exact) mass is 958 g/mol. The lowest BCUT2D eigenvalue weighted by atomic mass is 9.92. The SMILES string of the molecule is CC(=O)N1CCc2c(c(N3CCCc4cc(-c5cnn(C)c5)c(C(F)F)cc43)nn2C2CCN(C(=O)CCCN3CCN(CC#Cc4cccc5c4n(C)c(=O)n5C4CCC(=O)NC4=O)CC3)CC2)C1. The van der Waals surface area contributed by atoms with Crippen molar-refractivity contribution in [3.63, 3.8) is 0 Å². The lowest BCUT2D eigenvalue weighted by Gasteiger charge is -2.35. The number of amides is 4. The molecule has 368 valence electrons. The van der Waals surface area contributed by atoms with Gasteiger partial charge in [0.1, 0.15) is 6.04 Å². The predicted molar refractivity (Wildman–Crippen MR) is 258 cm³/mol. The fourth-order valence-corrected chi connectivity index (χ4v) is 11.2. The highest BCUT2D eigenvalue weighted by Gasteiger charge is 2.36. The number of alkyl halides is 2. The maximum Gasteiger partial charge on any atom is 0.329 e. The number of halogens is 2. The van der Waals surface area contributed by atoms with Gasteiger partial charge in [0, 0.05) is 127 Å². The Morgan fingerprint density at radius 3 is 2.43 bits per heavy atom. The molecule has 1 atom stereocenters. The molecule has 0 bridgehead atoms. The van der Waals surface area contributed by atoms with Crippen LogP contribution >= 0.6 is 0 Å². The molecule has 3 saturated heterocycles. The average molecular weight is 959 g/mol. The Hall–Kier alpha value is -6.65. The molecule has 17 nitrogen and oxygen atoms in total. The number of anilines is 2. The van der Waals surface area contributed by atoms with Crippen LogP contribution in [0, 0.1) is 11.8 Å². The van der Waals surface area contributed by atoms with Crippen molar-refractivity contribution in [2.45, 2.75) is 89.8 Å². The van der Waals surface area contributed by atoms with Gasteiger partial charge in [0.25, 0.3) is 6.43 Å². The zero-order chi connectivity index (χ0) is 48.8. The lowest BCUT2D eigenvalue weighted by molar-refractivity contribution is -0.136. The van der Waals surface area contributed by atoms with Gasteiger partial charge in [0.05, 0.1) is 41.9 Å². The van der Waals surface area contributed by atoms with Crippen LogP contribution in [0.15, 0.2) is 47.5 Å². The molecule has 10 rings (SSSR count). The molecule has 2 aromatic carbocycles. The number of rotatable bonds is 10. The molecule has 3 fully saturated rings. The molecule has 19 heteroatoms. The molecule has 8 heterocycles. The first-order chi connectivity index (χ1) is 33.8. The van der Waals surface area contributed by atoms with Gasteiger partial charge in [0.2, 0.25) is 23.6 Å². The van der Waals surface area contributed by atoms with Crippen molar-refractivity contribution in [2.24, 2.45) is 14.1 Å². The Labute approximate surface area is 404 Å². The second kappa shape index (κ2) is 19.6. The molecular weight excluding hydrogens is 899 g/mol. The molecular formula is C51H60F2N12O5. The van der Waals surface area contributed by atoms with Crippen LogP contribution in [0.3, 0.4) is 0 Å². The number of likely N-dealkylation sites (tertiary alicyclic amines) is 1. The van der Waals surface area contributed by atoms with Crippen LogP contribution < -0.4 is 15.9 Å². The minimum Gasteiger partial charge on any atom is -0.343 e. The van der Waals surface area contributed by atoms with E-state index >= 15 is 0 Å². The molecule has 1 N–H and O–H groups in total. The number of carbonyl (C=O) groups is 4. The molecule has 5 aromatic rings. The number of carbonyl (C=O) groups excluding carboxylic acids is 4. The van der Waals surface area contributed by atoms with Crippen molar-refractivity contribution in [3.8, 4) is 23.0 Å². The molecule has 0 radical (unpaired) electrons. The summed E-state index contributed by atoms with van der Waals surface area (Å²) in [6, 6.07) is 8.36. The molecule has 1 unspecified atom stereocenters. The first-order valence-electron chi connectivity index (χ1n) is 24.6. The van der Waals surface area contributed by atoms with Gasteiger partial charge in [-0.2, -0.15) is 10.2 Å². The number of nitrogens with zero attached hydrogens (tertiary/aromatic N) is 11. The van der Waals surface area contributed by atoms with Crippen LogP contribution in [-0.4, -0.2) is 137 Å². The summed E-state index contributed by atoms with van der Waals surface area (Å²) in [6.07, 6.45) is 6.15. The second-order valence-electron chi connectivity index (χ2n) is 19.4. The summed E-state index contributed by atoms with van der Waals surface area (Å²) in [5.74, 6) is 6.66. The number of benzene rings is 2. The van der Waals surface area contributed by atoms with E-state index in [1.165, 1.54) is 9.13 Å². The number of aromatic nitrogens is 6. The topological polar surface area (TPSA) is 159 Å². The highest BCUT2D eigenvalue weighted by Crippen LogP contribution is 2.44. The molecule has 4 amide bonds. The number of hydrogen-bond acceptors (Lipinski definition) is 10. The Bertz CT molecular complexity index is 2980. The summed E-state index contributed by atoms with van der Waals surface area (Å²) in [7, 11) is 3.45. The Kier molecular flexibility index (Phi) is 13.2. The van der Waals surface area contributed by atoms with Crippen LogP contribution in [-0.2, 0) is 52.7 Å². The molecule has 5 aliphatic rings. The summed E-state index contributed by atoms with van der Waals surface area (Å²) >= 11 is 0. The minimum atomic E-state index is -2.68. The van der Waals surface area contributed by atoms with Gasteiger partial charge >= 0.3 is 5.69 Å². The van der Waals surface area contributed by atoms with E-state index in [1.54, 1.807) is 44.2 Å². The van der Waals surface area contributed by atoms with Crippen LogP contribution in [0.2, 0.25) is 0 Å². The lowest BCUT2D eigenvalue weighted by Crippen LogP contribution is -2.46. The standard InChI is InChI=1S/C51H60F2N12O5/c1-33(66)62-23-17-41-40(32-62)49(63-20-6-10-35-28-38(36-30-54-57(2)31-36)39(48(52)53)29-44(35)63)56-65(41)37-15-21-61(22-16-37)46(68)12-7-19-60-26-24-59(25-27-60)18-5-9-34-8-4-11-42-47(34)58(3)51(70)64(42)43-13-14-45(67)55-50(43)69/h4,8,11,28-31,37,43,48H,6-7,10,12-27,32H2,1-3H3,(H,55,67,69). The van der Waals surface area contributed by atoms with Gasteiger partial charge in [-0.1, -0.05) is 17.9 Å². The Balaban J connectivity index is 0.733. The van der Waals surface area contributed by atoms with Crippen molar-refractivity contribution in [1.29, 1.82) is 0 Å². The third kappa shape index (κ3) is 9.14. The highest BCUT2D eigenvalue weighted by atomic mass is 19.3. The van der Waals surface area contributed by atoms with E-state index in [2.05, 4.69) is 41.6 Å². The van der Waals surface area contributed by atoms with Gasteiger partial charge < -0.3 is 19.6 Å². The number of imidazole rings is 1. The zero-order valence-corrected chi connectivity index (χ0v) is 40.1. The van der Waals surface area contributed by atoms with Crippen LogP contribution in [0.4, 0.5) is 20.3 Å². The van der Waals surface area contributed by atoms with E-state index in [0.29, 0.717) is 79.8 Å². The van der Waals surface area contributed by atoms with Gasteiger partial charge in [-0.15, -0.1) is 0 Å². The maximum absolute atomic E-state index is 14.7. The maximum atomic E-state index is 14.7. The summed E-state index contributed by atoms with van der Waals surface area (Å²) in [6.45, 7) is 9.33. The Morgan fingerprint density at radius 2 is 1.70 bits per heavy atom. The molecule has 0 saturated carbocycles. The first-order valence-corrected chi connectivity index (χ1v) is 24.6. The van der Waals surface area contributed by atoms with Gasteiger partial charge in [-0.05, 0) is 80.5 Å². The number of fused-ring (bicyclic) bond motifs is 3. The largest absolute Gasteiger partial charge is 0.343 e. The van der Waals surface area contributed by atoms with Crippen molar-refractivity contribution < 1.29 is 28.0 Å². The van der Waals surface area contributed by atoms with Crippen molar-refractivity contribution in [2.75, 3.05) is 70.3 Å². The summed E-state index contributed by atoms with van der Waals surface area (Å²) in [5, 5.41) is 11.9. The summed E-state index contributed by atoms with van der Waals surface area (Å²) < 4.78 is 36.2. The second-order valence-corrected chi connectivity index (χ2v) is 19.4. The molecule has 70 heavy (non-hydrogen) atoms. The highest BCUT2D eigenvalue weighted by molar-refractivity contribution is 6.00. The smallest absolute Gasteiger partial charge is 0.329 e. The van der Waals surface area contributed by atoms with Gasteiger partial charge in [0.15, 0.2) is 5.82 Å². The molecule has 0 spiro atoms. The first kappa shape index (κ1) is 47.0. The number of aryl methyl sites for hydroxylation is 3. The normalized spacial score (nSPS) is 19.3. The third-order valence-corrected chi connectivity index (χ3v) is 15.0. The van der Waals surface area contributed by atoms with E-state index in [9.17, 15) is 32.8 Å². The van der Waals surface area contributed by atoms with Crippen molar-refractivity contribution in [1.82, 2.24) is 53.6 Å². The van der Waals surface area contributed by atoms with E-state index in [4.69, 9.17) is 5.10 Å². The summed E-state index contributed by atoms with van der Waals surface area (Å²) in [5.41, 5.74) is 6.54. The van der Waals surface area contributed by atoms with E-state index in [1.807, 2.05) is 34.1 Å². The molecule has 5 aliphatic heterocycles. The predicted octanol–water partition coefficient (Wildman–Crippen LogP) is 4.45. The quantitative estimate of drug-likeness (QED) is 0.157. The average Bonchev–Trinajstić information content (AvgIpc) is 4.04. The summed E-state index contributed by atoms with van der Waals surface area (Å²) in [4.78, 5) is 74.6. The number of piperidine rings is 2. The fraction of sp³-hybridized carbons (Fsp3) is 0.510. The molecule has 0 aliphatic carbocycles. The Morgan fingerprint density at radius 1 is 0.914 bits per heavy atom. The van der Waals surface area contributed by atoms with Crippen LogP contribution in [0.1, 0.15) is 98.3 Å². The number of imide groups is 1. The van der Waals surface area contributed by atoms with Gasteiger partial charge in [-0.25, -0.2) is 13.6 Å². The number of para-hydroxylation sites is 1. The fourth-order valence-electron chi connectivity index (χ4n) is 11.2. The number of hydrogen-bond donors (Lipinski definition) is 1. The van der Waals surface area contributed by atoms with E-state index in [0.717, 1.165) is 93.2 Å². The molecule has 3 aromatic heterocycles. The van der Waals surface area contributed by atoms with E-state index < -0.39 is 18.4 Å². The van der Waals surface area contributed by atoms with Crippen molar-refractivity contribution in [3.05, 3.63) is 81.2 Å². The minimum absolute atomic E-state index is 0.00919. The van der Waals surface area contributed by atoms with Crippen LogP contribution in [0.25, 0.3) is 22.2 Å². The van der Waals surface area contributed by atoms with E-state index in [-0.39, 0.29) is 47.9 Å². The van der Waals surface area contributed by atoms with Crippen molar-refractivity contribution >= 4 is 46.2 Å². The zero-order valence-electron chi connectivity index (χ0n) is 40.1. The van der Waals surface area contributed by atoms with Crippen LogP contribution in [0.5, 0.6) is 0 Å². The number of piperazine rings is 1. The number of nitrogens with one attached hydrogen (secondary N) is 1. The third-order valence-electron chi connectivity index (χ3n) is 15.0. The van der Waals surface area contributed by atoms with Gasteiger partial charge in [-0.3, -0.25) is 47.9 Å².